The zero-order valence-electron chi connectivity index (χ0n) is 14.8. The normalized spacial score (nSPS) is 20.2. The minimum absolute atomic E-state index is 0.0681. The van der Waals surface area contributed by atoms with Crippen molar-refractivity contribution in [1.82, 2.24) is 9.80 Å². The van der Waals surface area contributed by atoms with E-state index in [-0.39, 0.29) is 11.8 Å². The van der Waals surface area contributed by atoms with Gasteiger partial charge in [-0.15, -0.1) is 0 Å². The van der Waals surface area contributed by atoms with E-state index in [1.54, 1.807) is 41.0 Å². The molecule has 1 atom stereocenters. The van der Waals surface area contributed by atoms with E-state index in [2.05, 4.69) is 4.99 Å². The zero-order valence-corrected chi connectivity index (χ0v) is 15.6. The highest BCUT2D eigenvalue weighted by atomic mass is 35.5. The lowest BCUT2D eigenvalue weighted by atomic mass is 10.2. The Morgan fingerprint density at radius 2 is 1.85 bits per heavy atom. The van der Waals surface area contributed by atoms with Gasteiger partial charge in [-0.2, -0.15) is 0 Å². The van der Waals surface area contributed by atoms with Crippen LogP contribution in [0.4, 0.5) is 5.69 Å². The Labute approximate surface area is 161 Å². The van der Waals surface area contributed by atoms with Crippen molar-refractivity contribution in [2.45, 2.75) is 13.0 Å². The maximum atomic E-state index is 12.6. The van der Waals surface area contributed by atoms with Gasteiger partial charge in [0, 0.05) is 31.2 Å². The molecular formula is C19H19ClN4O3. The SMILES string of the molecule is CC1N=C(N2CCN(C(=O)c3ccco3)CC2)N(c2ccc(Cl)cc2)C1=O. The fraction of sp³-hybridized carbons (Fsp3) is 0.316. The molecule has 0 N–H and O–H groups in total. The van der Waals surface area contributed by atoms with E-state index in [0.717, 1.165) is 5.69 Å². The second-order valence-corrected chi connectivity index (χ2v) is 6.95. The van der Waals surface area contributed by atoms with Crippen LogP contribution in [-0.2, 0) is 4.79 Å². The van der Waals surface area contributed by atoms with Gasteiger partial charge in [-0.3, -0.25) is 9.59 Å². The van der Waals surface area contributed by atoms with Crippen molar-refractivity contribution < 1.29 is 14.0 Å². The molecular weight excluding hydrogens is 368 g/mol. The maximum absolute atomic E-state index is 12.6. The van der Waals surface area contributed by atoms with Crippen molar-refractivity contribution in [3.63, 3.8) is 0 Å². The first-order valence-electron chi connectivity index (χ1n) is 8.79. The summed E-state index contributed by atoms with van der Waals surface area (Å²) in [4.78, 5) is 35.0. The summed E-state index contributed by atoms with van der Waals surface area (Å²) in [5, 5.41) is 0.613. The third-order valence-corrected chi connectivity index (χ3v) is 5.01. The average molecular weight is 387 g/mol. The minimum Gasteiger partial charge on any atom is -0.459 e. The summed E-state index contributed by atoms with van der Waals surface area (Å²) >= 11 is 5.97. The Kier molecular flexibility index (Phi) is 4.61. The minimum atomic E-state index is -0.432. The first kappa shape index (κ1) is 17.6. The van der Waals surface area contributed by atoms with Gasteiger partial charge in [0.15, 0.2) is 5.76 Å². The van der Waals surface area contributed by atoms with Crippen LogP contribution in [0.5, 0.6) is 0 Å². The van der Waals surface area contributed by atoms with Crippen molar-refractivity contribution in [2.24, 2.45) is 4.99 Å². The molecule has 1 unspecified atom stereocenters. The van der Waals surface area contributed by atoms with Crippen molar-refractivity contribution in [2.75, 3.05) is 31.1 Å². The van der Waals surface area contributed by atoms with E-state index in [0.29, 0.717) is 42.9 Å². The van der Waals surface area contributed by atoms with Crippen LogP contribution in [0.3, 0.4) is 0 Å². The molecule has 2 aromatic rings. The van der Waals surface area contributed by atoms with Crippen LogP contribution in [0, 0.1) is 0 Å². The summed E-state index contributed by atoms with van der Waals surface area (Å²) in [6.07, 6.45) is 1.49. The summed E-state index contributed by atoms with van der Waals surface area (Å²) in [5.41, 5.74) is 0.738. The number of furan rings is 1. The van der Waals surface area contributed by atoms with E-state index in [9.17, 15) is 9.59 Å². The van der Waals surface area contributed by atoms with E-state index in [4.69, 9.17) is 16.0 Å². The van der Waals surface area contributed by atoms with Gasteiger partial charge < -0.3 is 14.2 Å². The van der Waals surface area contributed by atoms with E-state index in [1.807, 2.05) is 17.0 Å². The lowest BCUT2D eigenvalue weighted by Crippen LogP contribution is -2.54. The van der Waals surface area contributed by atoms with Gasteiger partial charge in [0.2, 0.25) is 5.96 Å². The lowest BCUT2D eigenvalue weighted by molar-refractivity contribution is -0.117. The van der Waals surface area contributed by atoms with Gasteiger partial charge in [-0.05, 0) is 43.3 Å². The predicted molar refractivity (Wildman–Crippen MR) is 102 cm³/mol. The molecule has 7 nitrogen and oxygen atoms in total. The predicted octanol–water partition coefficient (Wildman–Crippen LogP) is 2.48. The molecule has 27 heavy (non-hydrogen) atoms. The number of nitrogens with zero attached hydrogens (tertiary/aromatic N) is 4. The molecule has 0 bridgehead atoms. The molecule has 1 aromatic heterocycles. The van der Waals surface area contributed by atoms with E-state index < -0.39 is 6.04 Å². The van der Waals surface area contributed by atoms with Gasteiger partial charge in [0.1, 0.15) is 6.04 Å². The van der Waals surface area contributed by atoms with Crippen molar-refractivity contribution in [3.8, 4) is 0 Å². The molecule has 1 saturated heterocycles. The molecule has 2 aliphatic rings. The number of anilines is 1. The number of aliphatic imine (C=N–C) groups is 1. The van der Waals surface area contributed by atoms with Gasteiger partial charge in [-0.1, -0.05) is 11.6 Å². The first-order valence-corrected chi connectivity index (χ1v) is 9.17. The highest BCUT2D eigenvalue weighted by Gasteiger charge is 2.37. The second-order valence-electron chi connectivity index (χ2n) is 6.51. The molecule has 2 amide bonds. The standard InChI is InChI=1S/C19H19ClN4O3/c1-13-17(25)24(15-6-4-14(20)5-7-15)19(21-13)23-10-8-22(9-11-23)18(26)16-3-2-12-27-16/h2-7,12-13H,8-11H2,1H3. The molecule has 0 aliphatic carbocycles. The molecule has 2 aliphatic heterocycles. The fourth-order valence-electron chi connectivity index (χ4n) is 3.29. The molecule has 0 saturated carbocycles. The largest absolute Gasteiger partial charge is 0.459 e. The highest BCUT2D eigenvalue weighted by molar-refractivity contribution is 6.30. The van der Waals surface area contributed by atoms with Crippen LogP contribution in [0.1, 0.15) is 17.5 Å². The number of benzene rings is 1. The Balaban J connectivity index is 1.49. The average Bonchev–Trinajstić information content (AvgIpc) is 3.32. The fourth-order valence-corrected chi connectivity index (χ4v) is 3.42. The number of piperazine rings is 1. The van der Waals surface area contributed by atoms with Gasteiger partial charge in [0.25, 0.3) is 11.8 Å². The Morgan fingerprint density at radius 1 is 1.15 bits per heavy atom. The third kappa shape index (κ3) is 3.30. The Bertz CT molecular complexity index is 871. The summed E-state index contributed by atoms with van der Waals surface area (Å²) < 4.78 is 5.20. The molecule has 140 valence electrons. The second kappa shape index (κ2) is 7.08. The van der Waals surface area contributed by atoms with Crippen LogP contribution in [0.15, 0.2) is 52.1 Å². The Hall–Kier alpha value is -2.80. The molecule has 1 aromatic carbocycles. The van der Waals surface area contributed by atoms with E-state index >= 15 is 0 Å². The van der Waals surface area contributed by atoms with Crippen molar-refractivity contribution in [3.05, 3.63) is 53.4 Å². The maximum Gasteiger partial charge on any atom is 0.289 e. The number of amides is 2. The number of halogens is 1. The lowest BCUT2D eigenvalue weighted by Gasteiger charge is -2.37. The van der Waals surface area contributed by atoms with Gasteiger partial charge in [-0.25, -0.2) is 9.89 Å². The summed E-state index contributed by atoms with van der Waals surface area (Å²) in [6, 6.07) is 10.1. The molecule has 4 rings (SSSR count). The smallest absolute Gasteiger partial charge is 0.289 e. The summed E-state index contributed by atoms with van der Waals surface area (Å²) in [6.45, 7) is 4.05. The molecule has 3 heterocycles. The summed E-state index contributed by atoms with van der Waals surface area (Å²) in [7, 11) is 0. The number of carbonyl (C=O) groups is 2. The number of rotatable bonds is 2. The van der Waals surface area contributed by atoms with Crippen LogP contribution in [0.25, 0.3) is 0 Å². The molecule has 1 fully saturated rings. The third-order valence-electron chi connectivity index (χ3n) is 4.75. The van der Waals surface area contributed by atoms with Crippen LogP contribution in [0.2, 0.25) is 5.02 Å². The van der Waals surface area contributed by atoms with Gasteiger partial charge in [0.05, 0.1) is 12.0 Å². The molecule has 0 spiro atoms. The van der Waals surface area contributed by atoms with Crippen LogP contribution in [-0.4, -0.2) is 59.8 Å². The highest BCUT2D eigenvalue weighted by Crippen LogP contribution is 2.25. The molecule has 8 heteroatoms. The van der Waals surface area contributed by atoms with Crippen LogP contribution < -0.4 is 4.90 Å². The molecule has 0 radical (unpaired) electrons. The quantitative estimate of drug-likeness (QED) is 0.795. The monoisotopic (exact) mass is 386 g/mol. The number of guanidine groups is 1. The van der Waals surface area contributed by atoms with E-state index in [1.165, 1.54) is 6.26 Å². The number of hydrogen-bond acceptors (Lipinski definition) is 5. The van der Waals surface area contributed by atoms with Gasteiger partial charge >= 0.3 is 0 Å². The number of carbonyl (C=O) groups excluding carboxylic acids is 2. The number of hydrogen-bond donors (Lipinski definition) is 0. The zero-order chi connectivity index (χ0) is 19.0. The van der Waals surface area contributed by atoms with Crippen LogP contribution >= 0.6 is 11.6 Å². The topological polar surface area (TPSA) is 69.4 Å². The Morgan fingerprint density at radius 3 is 2.48 bits per heavy atom. The van der Waals surface area contributed by atoms with Crippen molar-refractivity contribution in [1.29, 1.82) is 0 Å². The first-order chi connectivity index (χ1) is 13.0. The van der Waals surface area contributed by atoms with Crippen molar-refractivity contribution >= 4 is 35.1 Å². The summed E-state index contributed by atoms with van der Waals surface area (Å²) in [5.74, 6) is 0.779.